The van der Waals surface area contributed by atoms with Crippen LogP contribution in [-0.2, 0) is 4.74 Å². The van der Waals surface area contributed by atoms with Crippen molar-refractivity contribution in [3.05, 3.63) is 21.5 Å². The van der Waals surface area contributed by atoms with Gasteiger partial charge in [0.2, 0.25) is 0 Å². The first-order valence-corrected chi connectivity index (χ1v) is 7.84. The van der Waals surface area contributed by atoms with Crippen molar-refractivity contribution < 1.29 is 14.6 Å². The molecule has 2 rings (SSSR count). The average Bonchev–Trinajstić information content (AvgIpc) is 2.81. The van der Waals surface area contributed by atoms with E-state index in [1.807, 2.05) is 10.8 Å². The number of halogens is 1. The van der Waals surface area contributed by atoms with Gasteiger partial charge < -0.3 is 14.4 Å². The van der Waals surface area contributed by atoms with E-state index in [4.69, 9.17) is 4.74 Å². The summed E-state index contributed by atoms with van der Waals surface area (Å²) in [5.41, 5.74) is 0.298. The van der Waals surface area contributed by atoms with Gasteiger partial charge in [-0.3, -0.25) is 0 Å². The third kappa shape index (κ3) is 2.97. The lowest BCUT2D eigenvalue weighted by molar-refractivity contribution is -0.0989. The zero-order chi connectivity index (χ0) is 14.0. The van der Waals surface area contributed by atoms with Crippen LogP contribution < -0.4 is 0 Å². The van der Waals surface area contributed by atoms with E-state index in [2.05, 4.69) is 36.4 Å². The summed E-state index contributed by atoms with van der Waals surface area (Å²) >= 11 is 2.17. The van der Waals surface area contributed by atoms with E-state index in [9.17, 15) is 9.90 Å². The molecular formula is C14H20INO3. The highest BCUT2D eigenvalue weighted by Gasteiger charge is 2.36. The second-order valence-electron chi connectivity index (χ2n) is 5.14. The van der Waals surface area contributed by atoms with E-state index in [1.54, 1.807) is 6.07 Å². The van der Waals surface area contributed by atoms with Crippen molar-refractivity contribution in [2.24, 2.45) is 0 Å². The van der Waals surface area contributed by atoms with E-state index in [0.717, 1.165) is 29.3 Å². The number of carboxylic acid groups (broad SMARTS) is 1. The quantitative estimate of drug-likeness (QED) is 0.815. The molecule has 0 amide bonds. The standard InChI is InChI=1S/C14H20INO3/c1-3-14(4-2)8-11(5-6-19-14)16-9-10(15)7-12(16)13(17)18/h7,9,11H,3-6,8H2,1-2H3,(H,17,18). The number of aromatic carboxylic acids is 1. The summed E-state index contributed by atoms with van der Waals surface area (Å²) in [6, 6.07) is 1.96. The predicted molar refractivity (Wildman–Crippen MR) is 81.6 cm³/mol. The third-order valence-corrected chi connectivity index (χ3v) is 4.77. The maximum atomic E-state index is 11.3. The van der Waals surface area contributed by atoms with Gasteiger partial charge >= 0.3 is 5.97 Å². The fourth-order valence-corrected chi connectivity index (χ4v) is 3.50. The smallest absolute Gasteiger partial charge is 0.352 e. The molecule has 0 radical (unpaired) electrons. The summed E-state index contributed by atoms with van der Waals surface area (Å²) in [6.45, 7) is 4.99. The molecule has 1 N–H and O–H groups in total. The Morgan fingerprint density at radius 1 is 1.58 bits per heavy atom. The minimum absolute atomic E-state index is 0.0889. The van der Waals surface area contributed by atoms with Crippen molar-refractivity contribution in [3.63, 3.8) is 0 Å². The van der Waals surface area contributed by atoms with Crippen molar-refractivity contribution in [2.45, 2.75) is 51.2 Å². The van der Waals surface area contributed by atoms with Crippen LogP contribution in [0.25, 0.3) is 0 Å². The fraction of sp³-hybridized carbons (Fsp3) is 0.643. The van der Waals surface area contributed by atoms with Gasteiger partial charge in [-0.25, -0.2) is 4.79 Å². The Balaban J connectivity index is 2.29. The zero-order valence-corrected chi connectivity index (χ0v) is 13.5. The average molecular weight is 377 g/mol. The number of carbonyl (C=O) groups is 1. The van der Waals surface area contributed by atoms with Crippen molar-refractivity contribution in [1.82, 2.24) is 4.57 Å². The van der Waals surface area contributed by atoms with Crippen molar-refractivity contribution in [2.75, 3.05) is 6.61 Å². The van der Waals surface area contributed by atoms with Crippen molar-refractivity contribution in [3.8, 4) is 0 Å². The number of hydrogen-bond donors (Lipinski definition) is 1. The molecule has 106 valence electrons. The largest absolute Gasteiger partial charge is 0.477 e. The first kappa shape index (κ1) is 14.8. The molecule has 1 aliphatic heterocycles. The normalized spacial score (nSPS) is 22.4. The van der Waals surface area contributed by atoms with Crippen LogP contribution in [0.3, 0.4) is 0 Å². The topological polar surface area (TPSA) is 51.5 Å². The van der Waals surface area contributed by atoms with Crippen LogP contribution in [0.1, 0.15) is 56.1 Å². The summed E-state index contributed by atoms with van der Waals surface area (Å²) in [4.78, 5) is 11.3. The van der Waals surface area contributed by atoms with Crippen LogP contribution in [0.4, 0.5) is 0 Å². The summed E-state index contributed by atoms with van der Waals surface area (Å²) < 4.78 is 8.86. The Hall–Kier alpha value is -0.560. The van der Waals surface area contributed by atoms with Gasteiger partial charge in [-0.15, -0.1) is 0 Å². The highest BCUT2D eigenvalue weighted by molar-refractivity contribution is 14.1. The van der Waals surface area contributed by atoms with Crippen molar-refractivity contribution in [1.29, 1.82) is 0 Å². The van der Waals surface area contributed by atoms with Gasteiger partial charge in [-0.05, 0) is 54.3 Å². The molecule has 0 saturated carbocycles. The number of aromatic nitrogens is 1. The Morgan fingerprint density at radius 2 is 2.26 bits per heavy atom. The van der Waals surface area contributed by atoms with Gasteiger partial charge in [0.1, 0.15) is 5.69 Å². The SMILES string of the molecule is CCC1(CC)CC(n2cc(I)cc2C(=O)O)CCO1. The molecule has 0 spiro atoms. The minimum Gasteiger partial charge on any atom is -0.477 e. The molecule has 5 heteroatoms. The lowest BCUT2D eigenvalue weighted by Crippen LogP contribution is -2.39. The minimum atomic E-state index is -0.854. The second-order valence-corrected chi connectivity index (χ2v) is 6.39. The van der Waals surface area contributed by atoms with Gasteiger partial charge in [0.25, 0.3) is 0 Å². The molecule has 1 unspecified atom stereocenters. The molecule has 4 nitrogen and oxygen atoms in total. The predicted octanol–water partition coefficient (Wildman–Crippen LogP) is 3.70. The molecule has 0 bridgehead atoms. The van der Waals surface area contributed by atoms with Crippen LogP contribution >= 0.6 is 22.6 Å². The summed E-state index contributed by atoms with van der Waals surface area (Å²) in [6.07, 6.45) is 5.66. The highest BCUT2D eigenvalue weighted by Crippen LogP contribution is 2.38. The molecule has 19 heavy (non-hydrogen) atoms. The monoisotopic (exact) mass is 377 g/mol. The number of nitrogens with zero attached hydrogens (tertiary/aromatic N) is 1. The van der Waals surface area contributed by atoms with E-state index in [1.165, 1.54) is 0 Å². The first-order chi connectivity index (χ1) is 9.01. The second kappa shape index (κ2) is 5.83. The van der Waals surface area contributed by atoms with Crippen LogP contribution in [-0.4, -0.2) is 27.9 Å². The molecule has 1 aromatic rings. The molecule has 1 aromatic heterocycles. The van der Waals surface area contributed by atoms with Gasteiger partial charge in [0.15, 0.2) is 0 Å². The Labute approximate surface area is 127 Å². The number of hydrogen-bond acceptors (Lipinski definition) is 2. The molecule has 0 aliphatic carbocycles. The first-order valence-electron chi connectivity index (χ1n) is 6.76. The third-order valence-electron chi connectivity index (χ3n) is 4.18. The Morgan fingerprint density at radius 3 is 2.84 bits per heavy atom. The highest BCUT2D eigenvalue weighted by atomic mass is 127. The van der Waals surface area contributed by atoms with Crippen molar-refractivity contribution >= 4 is 28.6 Å². The van der Waals surface area contributed by atoms with Gasteiger partial charge in [-0.2, -0.15) is 0 Å². The van der Waals surface area contributed by atoms with E-state index in [-0.39, 0.29) is 11.6 Å². The van der Waals surface area contributed by atoms with Crippen LogP contribution in [0.15, 0.2) is 12.3 Å². The number of ether oxygens (including phenoxy) is 1. The fourth-order valence-electron chi connectivity index (χ4n) is 2.90. The Kier molecular flexibility index (Phi) is 4.55. The van der Waals surface area contributed by atoms with Gasteiger partial charge in [0.05, 0.1) is 5.60 Å². The van der Waals surface area contributed by atoms with Crippen LogP contribution in [0, 0.1) is 3.57 Å². The van der Waals surface area contributed by atoms with E-state index in [0.29, 0.717) is 12.3 Å². The molecule has 1 fully saturated rings. The molecule has 1 atom stereocenters. The molecular weight excluding hydrogens is 357 g/mol. The molecule has 2 heterocycles. The van der Waals surface area contributed by atoms with E-state index >= 15 is 0 Å². The number of rotatable bonds is 4. The molecule has 0 aromatic carbocycles. The summed E-state index contributed by atoms with van der Waals surface area (Å²) in [7, 11) is 0. The van der Waals surface area contributed by atoms with Gasteiger partial charge in [-0.1, -0.05) is 13.8 Å². The maximum Gasteiger partial charge on any atom is 0.352 e. The Bertz CT molecular complexity index is 465. The molecule has 1 aliphatic rings. The summed E-state index contributed by atoms with van der Waals surface area (Å²) in [5, 5.41) is 9.30. The van der Waals surface area contributed by atoms with E-state index < -0.39 is 5.97 Å². The zero-order valence-electron chi connectivity index (χ0n) is 11.4. The van der Waals surface area contributed by atoms with Crippen LogP contribution in [0.2, 0.25) is 0 Å². The van der Waals surface area contributed by atoms with Crippen LogP contribution in [0.5, 0.6) is 0 Å². The van der Waals surface area contributed by atoms with Gasteiger partial charge in [0, 0.05) is 22.4 Å². The lowest BCUT2D eigenvalue weighted by Gasteiger charge is -2.40. The number of carboxylic acids is 1. The molecule has 1 saturated heterocycles. The summed E-state index contributed by atoms with van der Waals surface area (Å²) in [5.74, 6) is -0.854. The maximum absolute atomic E-state index is 11.3. The lowest BCUT2D eigenvalue weighted by atomic mass is 9.85.